The van der Waals surface area contributed by atoms with Crippen LogP contribution in [0.1, 0.15) is 37.8 Å². The standard InChI is InChI=1S/C15H20ClFN2O/c1-10(12-2-3-14(17)13(16)9-12)19-6-4-11(5-7-19)8-15(18)20/h2-3,9-11H,4-8H2,1H3,(H2,18,20). The molecule has 1 aliphatic heterocycles. The van der Waals surface area contributed by atoms with Gasteiger partial charge in [0.05, 0.1) is 5.02 Å². The normalized spacial score (nSPS) is 18.9. The fourth-order valence-electron chi connectivity index (χ4n) is 2.81. The van der Waals surface area contributed by atoms with Crippen molar-refractivity contribution in [1.29, 1.82) is 0 Å². The second-order valence-corrected chi connectivity index (χ2v) is 5.91. The zero-order valence-corrected chi connectivity index (χ0v) is 12.4. The number of primary amides is 1. The Kier molecular flexibility index (Phi) is 5.00. The molecule has 1 aromatic rings. The predicted octanol–water partition coefficient (Wildman–Crippen LogP) is 3.13. The maximum absolute atomic E-state index is 13.2. The van der Waals surface area contributed by atoms with Crippen LogP contribution in [-0.2, 0) is 4.79 Å². The molecule has 0 radical (unpaired) electrons. The van der Waals surface area contributed by atoms with Crippen molar-refractivity contribution in [2.75, 3.05) is 13.1 Å². The van der Waals surface area contributed by atoms with E-state index in [0.29, 0.717) is 12.3 Å². The van der Waals surface area contributed by atoms with E-state index in [2.05, 4.69) is 11.8 Å². The molecule has 5 heteroatoms. The molecule has 0 saturated carbocycles. The van der Waals surface area contributed by atoms with Gasteiger partial charge in [-0.05, 0) is 56.5 Å². The van der Waals surface area contributed by atoms with Crippen molar-refractivity contribution in [3.63, 3.8) is 0 Å². The van der Waals surface area contributed by atoms with Gasteiger partial charge >= 0.3 is 0 Å². The van der Waals surface area contributed by atoms with Crippen molar-refractivity contribution >= 4 is 17.5 Å². The topological polar surface area (TPSA) is 46.3 Å². The number of hydrogen-bond acceptors (Lipinski definition) is 2. The molecule has 0 aromatic heterocycles. The Morgan fingerprint density at radius 3 is 2.70 bits per heavy atom. The number of carbonyl (C=O) groups is 1. The SMILES string of the molecule is CC(c1ccc(F)c(Cl)c1)N1CCC(CC(N)=O)CC1. The molecule has 0 aliphatic carbocycles. The molecule has 20 heavy (non-hydrogen) atoms. The third-order valence-electron chi connectivity index (χ3n) is 4.11. The summed E-state index contributed by atoms with van der Waals surface area (Å²) < 4.78 is 13.2. The lowest BCUT2D eigenvalue weighted by atomic mass is 9.92. The molecule has 1 heterocycles. The van der Waals surface area contributed by atoms with Gasteiger partial charge in [-0.3, -0.25) is 9.69 Å². The van der Waals surface area contributed by atoms with Crippen LogP contribution in [0.25, 0.3) is 0 Å². The second kappa shape index (κ2) is 6.55. The number of benzene rings is 1. The Morgan fingerprint density at radius 2 is 2.15 bits per heavy atom. The van der Waals surface area contributed by atoms with Crippen molar-refractivity contribution in [2.45, 2.75) is 32.2 Å². The second-order valence-electron chi connectivity index (χ2n) is 5.50. The first-order chi connectivity index (χ1) is 9.47. The van der Waals surface area contributed by atoms with Crippen molar-refractivity contribution < 1.29 is 9.18 Å². The molecule has 1 unspecified atom stereocenters. The smallest absolute Gasteiger partial charge is 0.217 e. The molecule has 1 aliphatic rings. The highest BCUT2D eigenvalue weighted by molar-refractivity contribution is 6.30. The van der Waals surface area contributed by atoms with E-state index in [9.17, 15) is 9.18 Å². The summed E-state index contributed by atoms with van der Waals surface area (Å²) in [6, 6.07) is 5.08. The lowest BCUT2D eigenvalue weighted by Gasteiger charge is -2.36. The largest absolute Gasteiger partial charge is 0.370 e. The first-order valence-electron chi connectivity index (χ1n) is 6.94. The van der Waals surface area contributed by atoms with Crippen molar-refractivity contribution in [3.8, 4) is 0 Å². The van der Waals surface area contributed by atoms with E-state index in [1.807, 2.05) is 0 Å². The monoisotopic (exact) mass is 298 g/mol. The van der Waals surface area contributed by atoms with Crippen LogP contribution < -0.4 is 5.73 Å². The van der Waals surface area contributed by atoms with Crippen molar-refractivity contribution in [3.05, 3.63) is 34.6 Å². The van der Waals surface area contributed by atoms with Gasteiger partial charge < -0.3 is 5.73 Å². The summed E-state index contributed by atoms with van der Waals surface area (Å²) in [5.74, 6) is -0.211. The maximum Gasteiger partial charge on any atom is 0.217 e. The Bertz CT molecular complexity index is 487. The number of carbonyl (C=O) groups excluding carboxylic acids is 1. The summed E-state index contributed by atoms with van der Waals surface area (Å²) in [5, 5.41) is 0.165. The first kappa shape index (κ1) is 15.3. The third-order valence-corrected chi connectivity index (χ3v) is 4.40. The quantitative estimate of drug-likeness (QED) is 0.928. The Balaban J connectivity index is 1.95. The molecule has 1 atom stereocenters. The van der Waals surface area contributed by atoms with Gasteiger partial charge in [0.25, 0.3) is 0 Å². The summed E-state index contributed by atoms with van der Waals surface area (Å²) in [6.45, 7) is 3.94. The molecule has 2 rings (SSSR count). The highest BCUT2D eigenvalue weighted by Gasteiger charge is 2.24. The van der Waals surface area contributed by atoms with Gasteiger partial charge in [0.15, 0.2) is 0 Å². The van der Waals surface area contributed by atoms with E-state index in [4.69, 9.17) is 17.3 Å². The van der Waals surface area contributed by atoms with Gasteiger partial charge in [-0.15, -0.1) is 0 Å². The fourth-order valence-corrected chi connectivity index (χ4v) is 3.00. The van der Waals surface area contributed by atoms with Crippen LogP contribution >= 0.6 is 11.6 Å². The van der Waals surface area contributed by atoms with E-state index in [0.717, 1.165) is 31.5 Å². The molecular weight excluding hydrogens is 279 g/mol. The molecule has 3 nitrogen and oxygen atoms in total. The maximum atomic E-state index is 13.2. The third kappa shape index (κ3) is 3.70. The van der Waals surface area contributed by atoms with E-state index in [1.54, 1.807) is 12.1 Å². The van der Waals surface area contributed by atoms with Crippen molar-refractivity contribution in [1.82, 2.24) is 4.90 Å². The molecule has 1 fully saturated rings. The average molecular weight is 299 g/mol. The van der Waals surface area contributed by atoms with Crippen LogP contribution in [0.4, 0.5) is 4.39 Å². The van der Waals surface area contributed by atoms with Gasteiger partial charge in [0.1, 0.15) is 5.82 Å². The van der Waals surface area contributed by atoms with Crippen LogP contribution in [0.3, 0.4) is 0 Å². The molecule has 1 saturated heterocycles. The lowest BCUT2D eigenvalue weighted by Crippen LogP contribution is -2.36. The average Bonchev–Trinajstić information content (AvgIpc) is 2.41. The summed E-state index contributed by atoms with van der Waals surface area (Å²) >= 11 is 5.83. The minimum absolute atomic E-state index is 0.165. The highest BCUT2D eigenvalue weighted by Crippen LogP contribution is 2.29. The summed E-state index contributed by atoms with van der Waals surface area (Å²) in [4.78, 5) is 13.3. The summed E-state index contributed by atoms with van der Waals surface area (Å²) in [6.07, 6.45) is 2.43. The van der Waals surface area contributed by atoms with E-state index in [-0.39, 0.29) is 22.8 Å². The van der Waals surface area contributed by atoms with E-state index >= 15 is 0 Å². The molecule has 0 spiro atoms. The van der Waals surface area contributed by atoms with Crippen LogP contribution in [0.5, 0.6) is 0 Å². The van der Waals surface area contributed by atoms with Gasteiger partial charge in [-0.1, -0.05) is 17.7 Å². The number of hydrogen-bond donors (Lipinski definition) is 1. The minimum atomic E-state index is -0.386. The zero-order valence-electron chi connectivity index (χ0n) is 11.6. The van der Waals surface area contributed by atoms with Gasteiger partial charge in [0, 0.05) is 12.5 Å². The number of amides is 1. The Morgan fingerprint density at radius 1 is 1.50 bits per heavy atom. The van der Waals surface area contributed by atoms with Gasteiger partial charge in [-0.25, -0.2) is 4.39 Å². The zero-order chi connectivity index (χ0) is 14.7. The molecule has 1 amide bonds. The van der Waals surface area contributed by atoms with Gasteiger partial charge in [-0.2, -0.15) is 0 Å². The number of halogens is 2. The van der Waals surface area contributed by atoms with Gasteiger partial charge in [0.2, 0.25) is 5.91 Å². The van der Waals surface area contributed by atoms with Crippen LogP contribution in [0.15, 0.2) is 18.2 Å². The number of likely N-dealkylation sites (tertiary alicyclic amines) is 1. The van der Waals surface area contributed by atoms with E-state index < -0.39 is 0 Å². The molecule has 2 N–H and O–H groups in total. The lowest BCUT2D eigenvalue weighted by molar-refractivity contribution is -0.119. The predicted molar refractivity (Wildman–Crippen MR) is 77.9 cm³/mol. The first-order valence-corrected chi connectivity index (χ1v) is 7.32. The van der Waals surface area contributed by atoms with E-state index in [1.165, 1.54) is 6.07 Å². The van der Waals surface area contributed by atoms with Crippen LogP contribution in [-0.4, -0.2) is 23.9 Å². The van der Waals surface area contributed by atoms with Crippen molar-refractivity contribution in [2.24, 2.45) is 11.7 Å². The minimum Gasteiger partial charge on any atom is -0.370 e. The Labute approximate surface area is 123 Å². The fraction of sp³-hybridized carbons (Fsp3) is 0.533. The Hall–Kier alpha value is -1.13. The number of nitrogens with zero attached hydrogens (tertiary/aromatic N) is 1. The summed E-state index contributed by atoms with van der Waals surface area (Å²) in [5.41, 5.74) is 6.26. The molecule has 0 bridgehead atoms. The number of nitrogens with two attached hydrogens (primary N) is 1. The molecule has 1 aromatic carbocycles. The molecule has 110 valence electrons. The van der Waals surface area contributed by atoms with Crippen LogP contribution in [0.2, 0.25) is 5.02 Å². The van der Waals surface area contributed by atoms with Crippen LogP contribution in [0, 0.1) is 11.7 Å². The molecular formula is C15H20ClFN2O. The summed E-state index contributed by atoms with van der Waals surface area (Å²) in [7, 11) is 0. The number of rotatable bonds is 4. The number of piperidine rings is 1. The highest BCUT2D eigenvalue weighted by atomic mass is 35.5.